The molecule has 0 spiro atoms. The molecule has 0 saturated heterocycles. The summed E-state index contributed by atoms with van der Waals surface area (Å²) in [4.78, 5) is 26.3. The molecule has 0 aliphatic carbocycles. The van der Waals surface area contributed by atoms with Crippen LogP contribution in [0.4, 0.5) is 5.00 Å². The van der Waals surface area contributed by atoms with E-state index in [0.717, 1.165) is 22.4 Å². The molecule has 0 saturated carbocycles. The molecule has 5 nitrogen and oxygen atoms in total. The van der Waals surface area contributed by atoms with E-state index in [1.165, 1.54) is 18.4 Å². The van der Waals surface area contributed by atoms with Crippen LogP contribution in [0.15, 0.2) is 30.3 Å². The van der Waals surface area contributed by atoms with Crippen molar-refractivity contribution in [3.05, 3.63) is 51.9 Å². The van der Waals surface area contributed by atoms with Crippen molar-refractivity contribution >= 4 is 28.2 Å². The molecule has 1 amide bonds. The molecule has 1 aliphatic rings. The maximum Gasteiger partial charge on any atom is 0.341 e. The summed E-state index contributed by atoms with van der Waals surface area (Å²) in [7, 11) is 1.39. The summed E-state index contributed by atoms with van der Waals surface area (Å²) in [6.45, 7) is 8.67. The number of ether oxygens (including phenoxy) is 1. The summed E-state index contributed by atoms with van der Waals surface area (Å²) < 4.78 is 5.05. The van der Waals surface area contributed by atoms with Crippen molar-refractivity contribution in [1.29, 1.82) is 0 Å². The zero-order valence-electron chi connectivity index (χ0n) is 17.2. The molecule has 6 heteroatoms. The van der Waals surface area contributed by atoms with Gasteiger partial charge in [-0.15, -0.1) is 11.3 Å². The maximum absolute atomic E-state index is 12.6. The molecule has 0 unspecified atom stereocenters. The van der Waals surface area contributed by atoms with Gasteiger partial charge in [0.05, 0.1) is 23.1 Å². The van der Waals surface area contributed by atoms with Gasteiger partial charge in [0, 0.05) is 12.8 Å². The van der Waals surface area contributed by atoms with Crippen molar-refractivity contribution in [2.45, 2.75) is 58.0 Å². The zero-order chi connectivity index (χ0) is 20.5. The fourth-order valence-corrected chi connectivity index (χ4v) is 5.50. The first-order valence-corrected chi connectivity index (χ1v) is 10.4. The van der Waals surface area contributed by atoms with Crippen molar-refractivity contribution < 1.29 is 19.6 Å². The highest BCUT2D eigenvalue weighted by atomic mass is 32.1. The van der Waals surface area contributed by atoms with E-state index in [-0.39, 0.29) is 23.0 Å². The molecule has 28 heavy (non-hydrogen) atoms. The van der Waals surface area contributed by atoms with E-state index in [4.69, 9.17) is 4.74 Å². The van der Waals surface area contributed by atoms with Gasteiger partial charge in [-0.3, -0.25) is 4.79 Å². The van der Waals surface area contributed by atoms with Crippen LogP contribution in [0.5, 0.6) is 0 Å². The molecule has 150 valence electrons. The van der Waals surface area contributed by atoms with Gasteiger partial charge in [0.15, 0.2) is 0 Å². The third kappa shape index (κ3) is 4.28. The normalized spacial score (nSPS) is 16.9. The molecule has 0 bridgehead atoms. The first-order chi connectivity index (χ1) is 13.1. The minimum atomic E-state index is -0.385. The summed E-state index contributed by atoms with van der Waals surface area (Å²) in [5, 5.41) is 5.92. The Morgan fingerprint density at radius 2 is 1.86 bits per heavy atom. The summed E-state index contributed by atoms with van der Waals surface area (Å²) in [5.41, 5.74) is 2.44. The lowest BCUT2D eigenvalue weighted by molar-refractivity contribution is -0.789. The Labute approximate surface area is 170 Å². The van der Waals surface area contributed by atoms with E-state index in [2.05, 4.69) is 38.3 Å². The standard InChI is InChI=1S/C22H28N2O3S/c1-21(2)13-15-17(20(26)27-5)19(28-18(15)22(3,4)24-21)23-16(25)12-11-14-9-7-6-8-10-14/h6-10,24H,11-13H2,1-5H3,(H,23,25)/p+1. The van der Waals surface area contributed by atoms with Crippen LogP contribution in [0.1, 0.15) is 60.5 Å². The third-order valence-corrected chi connectivity index (χ3v) is 6.59. The van der Waals surface area contributed by atoms with E-state index in [1.54, 1.807) is 0 Å². The van der Waals surface area contributed by atoms with Gasteiger partial charge in [0.1, 0.15) is 10.5 Å². The Kier molecular flexibility index (Phi) is 5.64. The van der Waals surface area contributed by atoms with Crippen molar-refractivity contribution in [2.75, 3.05) is 12.4 Å². The van der Waals surface area contributed by atoms with E-state index < -0.39 is 0 Å². The predicted molar refractivity (Wildman–Crippen MR) is 112 cm³/mol. The molecule has 3 N–H and O–H groups in total. The van der Waals surface area contributed by atoms with E-state index >= 15 is 0 Å². The van der Waals surface area contributed by atoms with Crippen molar-refractivity contribution in [3.63, 3.8) is 0 Å². The average Bonchev–Trinajstić information content (AvgIpc) is 2.97. The second-order valence-corrected chi connectivity index (χ2v) is 9.69. The maximum atomic E-state index is 12.6. The number of esters is 1. The van der Waals surface area contributed by atoms with Gasteiger partial charge in [-0.1, -0.05) is 30.3 Å². The first kappa shape index (κ1) is 20.6. The predicted octanol–water partition coefficient (Wildman–Crippen LogP) is 3.24. The molecule has 3 rings (SSSR count). The van der Waals surface area contributed by atoms with Crippen LogP contribution in [0.2, 0.25) is 0 Å². The number of quaternary nitrogens is 1. The molecule has 1 aromatic carbocycles. The SMILES string of the molecule is COC(=O)c1c(NC(=O)CCc2ccccc2)sc2c1CC(C)(C)[NH2+]C2(C)C. The van der Waals surface area contributed by atoms with Crippen LogP contribution in [-0.4, -0.2) is 24.5 Å². The summed E-state index contributed by atoms with van der Waals surface area (Å²) >= 11 is 1.50. The number of hydrogen-bond acceptors (Lipinski definition) is 4. The molecule has 2 aromatic rings. The number of rotatable bonds is 5. The lowest BCUT2D eigenvalue weighted by Crippen LogP contribution is -3.03. The lowest BCUT2D eigenvalue weighted by Gasteiger charge is -2.38. The summed E-state index contributed by atoms with van der Waals surface area (Å²) in [6, 6.07) is 9.92. The molecule has 2 heterocycles. The molecular formula is C22H29N2O3S+. The minimum absolute atomic E-state index is 0.0328. The van der Waals surface area contributed by atoms with Gasteiger partial charge in [0.25, 0.3) is 0 Å². The summed E-state index contributed by atoms with van der Waals surface area (Å²) in [6.07, 6.45) is 1.79. The average molecular weight is 402 g/mol. The highest BCUT2D eigenvalue weighted by molar-refractivity contribution is 7.17. The Bertz CT molecular complexity index is 885. The van der Waals surface area contributed by atoms with E-state index in [0.29, 0.717) is 23.4 Å². The highest BCUT2D eigenvalue weighted by Crippen LogP contribution is 2.42. The van der Waals surface area contributed by atoms with Crippen LogP contribution in [0.3, 0.4) is 0 Å². The molecule has 1 aliphatic heterocycles. The molecule has 1 aromatic heterocycles. The quantitative estimate of drug-likeness (QED) is 0.756. The highest BCUT2D eigenvalue weighted by Gasteiger charge is 2.45. The van der Waals surface area contributed by atoms with Crippen LogP contribution in [-0.2, 0) is 27.9 Å². The van der Waals surface area contributed by atoms with Gasteiger partial charge < -0.3 is 15.4 Å². The minimum Gasteiger partial charge on any atom is -0.465 e. The first-order valence-electron chi connectivity index (χ1n) is 9.58. The number of methoxy groups -OCH3 is 1. The molecular weight excluding hydrogens is 372 g/mol. The van der Waals surface area contributed by atoms with Crippen molar-refractivity contribution in [3.8, 4) is 0 Å². The van der Waals surface area contributed by atoms with Gasteiger partial charge in [-0.05, 0) is 45.2 Å². The second kappa shape index (κ2) is 7.68. The van der Waals surface area contributed by atoms with Crippen molar-refractivity contribution in [2.24, 2.45) is 0 Å². The number of nitrogens with two attached hydrogens (primary N) is 1. The number of anilines is 1. The molecule has 0 atom stereocenters. The molecule has 0 fully saturated rings. The van der Waals surface area contributed by atoms with E-state index in [1.807, 2.05) is 30.3 Å². The zero-order valence-corrected chi connectivity index (χ0v) is 18.0. The third-order valence-electron chi connectivity index (χ3n) is 5.10. The van der Waals surface area contributed by atoms with Gasteiger partial charge >= 0.3 is 5.97 Å². The topological polar surface area (TPSA) is 72.0 Å². The van der Waals surface area contributed by atoms with Gasteiger partial charge in [0.2, 0.25) is 5.91 Å². The fourth-order valence-electron chi connectivity index (χ4n) is 4.20. The number of benzene rings is 1. The van der Waals surface area contributed by atoms with Crippen molar-refractivity contribution in [1.82, 2.24) is 0 Å². The Hall–Kier alpha value is -2.18. The second-order valence-electron chi connectivity index (χ2n) is 8.67. The van der Waals surface area contributed by atoms with Crippen LogP contribution in [0, 0.1) is 0 Å². The number of hydrogen-bond donors (Lipinski definition) is 2. The largest absolute Gasteiger partial charge is 0.465 e. The smallest absolute Gasteiger partial charge is 0.341 e. The number of fused-ring (bicyclic) bond motifs is 1. The Morgan fingerprint density at radius 1 is 1.18 bits per heavy atom. The number of thiophene rings is 1. The number of carbonyl (C=O) groups is 2. The van der Waals surface area contributed by atoms with Crippen LogP contribution < -0.4 is 10.6 Å². The number of aryl methyl sites for hydroxylation is 1. The number of carbonyl (C=O) groups excluding carboxylic acids is 2. The monoisotopic (exact) mass is 401 g/mol. The lowest BCUT2D eigenvalue weighted by atomic mass is 9.81. The fraction of sp³-hybridized carbons (Fsp3) is 0.455. The Morgan fingerprint density at radius 3 is 2.50 bits per heavy atom. The molecule has 0 radical (unpaired) electrons. The number of amides is 1. The van der Waals surface area contributed by atoms with Crippen LogP contribution in [0.25, 0.3) is 0 Å². The van der Waals surface area contributed by atoms with Gasteiger partial charge in [-0.25, -0.2) is 4.79 Å². The summed E-state index contributed by atoms with van der Waals surface area (Å²) in [5.74, 6) is -0.474. The van der Waals surface area contributed by atoms with Gasteiger partial charge in [-0.2, -0.15) is 0 Å². The number of nitrogens with one attached hydrogen (secondary N) is 1. The van der Waals surface area contributed by atoms with E-state index in [9.17, 15) is 9.59 Å². The Balaban J connectivity index is 1.88. The van der Waals surface area contributed by atoms with Crippen LogP contribution >= 0.6 is 11.3 Å².